The summed E-state index contributed by atoms with van der Waals surface area (Å²) in [5, 5.41) is 14.1. The molecule has 0 fully saturated rings. The van der Waals surface area contributed by atoms with Crippen molar-refractivity contribution in [2.24, 2.45) is 11.3 Å². The van der Waals surface area contributed by atoms with Crippen LogP contribution in [0.5, 0.6) is 11.5 Å². The molecule has 1 heterocycles. The lowest BCUT2D eigenvalue weighted by Crippen LogP contribution is -2.41. The average molecular weight is 529 g/mol. The Morgan fingerprint density at radius 1 is 1.10 bits per heavy atom. The maximum Gasteiger partial charge on any atom is 0.230 e. The molecule has 2 N–H and O–H groups in total. The van der Waals surface area contributed by atoms with Gasteiger partial charge in [-0.2, -0.15) is 0 Å². The predicted molar refractivity (Wildman–Crippen MR) is 149 cm³/mol. The summed E-state index contributed by atoms with van der Waals surface area (Å²) in [6, 6.07) is 18.0. The molecule has 39 heavy (non-hydrogen) atoms. The number of phenols is 1. The van der Waals surface area contributed by atoms with E-state index in [-0.39, 0.29) is 41.4 Å². The molecule has 5 rings (SSSR count). The molecule has 0 saturated carbocycles. The Hall–Kier alpha value is -4.13. The van der Waals surface area contributed by atoms with Crippen LogP contribution in [0.1, 0.15) is 57.7 Å². The van der Waals surface area contributed by atoms with E-state index in [0.717, 1.165) is 5.56 Å². The number of hydrogen-bond donors (Lipinski definition) is 2. The number of amides is 1. The lowest BCUT2D eigenvalue weighted by molar-refractivity contribution is -0.122. The Bertz CT molecular complexity index is 1460. The quantitative estimate of drug-likeness (QED) is 0.352. The van der Waals surface area contributed by atoms with Crippen molar-refractivity contribution in [3.63, 3.8) is 0 Å². The molecule has 0 saturated heterocycles. The summed E-state index contributed by atoms with van der Waals surface area (Å²) in [5.74, 6) is -1.18. The first-order valence-electron chi connectivity index (χ1n) is 13.2. The second-order valence-electron chi connectivity index (χ2n) is 11.4. The summed E-state index contributed by atoms with van der Waals surface area (Å²) >= 11 is 0. The Morgan fingerprint density at radius 3 is 2.54 bits per heavy atom. The van der Waals surface area contributed by atoms with Crippen molar-refractivity contribution in [2.45, 2.75) is 53.2 Å². The fourth-order valence-electron chi connectivity index (χ4n) is 5.42. The second-order valence-corrected chi connectivity index (χ2v) is 11.4. The van der Waals surface area contributed by atoms with Crippen molar-refractivity contribution in [2.75, 3.05) is 10.2 Å². The van der Waals surface area contributed by atoms with Gasteiger partial charge in [0.05, 0.1) is 11.7 Å². The molecule has 1 amide bonds. The minimum Gasteiger partial charge on any atom is -0.506 e. The van der Waals surface area contributed by atoms with Crippen molar-refractivity contribution in [1.82, 2.24) is 0 Å². The molecule has 0 radical (unpaired) electrons. The maximum absolute atomic E-state index is 16.0. The zero-order chi connectivity index (χ0) is 27.9. The molecule has 1 aliphatic carbocycles. The molecule has 202 valence electrons. The van der Waals surface area contributed by atoms with Gasteiger partial charge in [-0.05, 0) is 41.7 Å². The molecule has 3 aromatic carbocycles. The maximum atomic E-state index is 16.0. The number of rotatable bonds is 5. The molecule has 1 atom stereocenters. The first kappa shape index (κ1) is 26.5. The van der Waals surface area contributed by atoms with Crippen molar-refractivity contribution >= 4 is 23.1 Å². The summed E-state index contributed by atoms with van der Waals surface area (Å²) in [4.78, 5) is 29.0. The van der Waals surface area contributed by atoms with Crippen LogP contribution in [0.25, 0.3) is 0 Å². The number of anilines is 2. The summed E-state index contributed by atoms with van der Waals surface area (Å²) < 4.78 is 21.8. The van der Waals surface area contributed by atoms with Crippen LogP contribution < -0.4 is 15.0 Å². The number of carbonyl (C=O) groups excluding carboxylic acids is 2. The number of halogens is 1. The minimum atomic E-state index is -1.02. The van der Waals surface area contributed by atoms with Gasteiger partial charge in [-0.1, -0.05) is 64.1 Å². The predicted octanol–water partition coefficient (Wildman–Crippen LogP) is 6.91. The number of Topliss-reactive ketones (excluding diaryl/α,β-unsaturated/α-hetero) is 1. The van der Waals surface area contributed by atoms with Crippen LogP contribution in [0.2, 0.25) is 0 Å². The summed E-state index contributed by atoms with van der Waals surface area (Å²) in [6.07, 6.45) is 0.762. The molecule has 2 aliphatic rings. The van der Waals surface area contributed by atoms with Crippen molar-refractivity contribution in [3.8, 4) is 11.5 Å². The largest absolute Gasteiger partial charge is 0.506 e. The van der Waals surface area contributed by atoms with E-state index in [1.165, 1.54) is 17.0 Å². The standard InChI is InChI=1S/C32H33FN2O4/c1-19(2)31(38)35-25-11-8-12-26(36)29(25)34-24-16-32(3,4)17-27(37)28(24)30(35)22-14-13-21(15-23(22)33)39-18-20-9-6-5-7-10-20/h5-15,19,30,34,36H,16-18H2,1-4H3/t30-/m0/s1. The van der Waals surface area contributed by atoms with Gasteiger partial charge in [0.25, 0.3) is 0 Å². The SMILES string of the molecule is CC(C)C(=O)N1c2cccc(O)c2NC2=C(C(=O)CC(C)(C)C2)[C@@H]1c1ccc(OCc2ccccc2)cc1F. The lowest BCUT2D eigenvalue weighted by atomic mass is 9.73. The number of ketones is 1. The number of fused-ring (bicyclic) bond motifs is 1. The van der Waals surface area contributed by atoms with Crippen LogP contribution >= 0.6 is 0 Å². The first-order chi connectivity index (χ1) is 18.6. The van der Waals surface area contributed by atoms with Crippen molar-refractivity contribution in [3.05, 3.63) is 94.9 Å². The van der Waals surface area contributed by atoms with Crippen LogP contribution in [0.15, 0.2) is 78.0 Å². The van der Waals surface area contributed by atoms with E-state index in [2.05, 4.69) is 5.32 Å². The number of nitrogens with one attached hydrogen (secondary N) is 1. The van der Waals surface area contributed by atoms with Gasteiger partial charge in [-0.3, -0.25) is 14.5 Å². The van der Waals surface area contributed by atoms with Crippen LogP contribution in [0, 0.1) is 17.2 Å². The lowest BCUT2D eigenvalue weighted by Gasteiger charge is -2.37. The van der Waals surface area contributed by atoms with E-state index < -0.39 is 17.8 Å². The smallest absolute Gasteiger partial charge is 0.230 e. The highest BCUT2D eigenvalue weighted by molar-refractivity contribution is 6.07. The monoisotopic (exact) mass is 528 g/mol. The molecular formula is C32H33FN2O4. The van der Waals surface area contributed by atoms with Gasteiger partial charge in [0.2, 0.25) is 5.91 Å². The van der Waals surface area contributed by atoms with E-state index in [1.807, 2.05) is 44.2 Å². The van der Waals surface area contributed by atoms with E-state index in [9.17, 15) is 14.7 Å². The molecule has 7 heteroatoms. The highest BCUT2D eigenvalue weighted by atomic mass is 19.1. The van der Waals surface area contributed by atoms with Crippen LogP contribution in [-0.4, -0.2) is 16.8 Å². The number of ether oxygens (including phenoxy) is 1. The molecule has 0 spiro atoms. The zero-order valence-electron chi connectivity index (χ0n) is 22.6. The third-order valence-electron chi connectivity index (χ3n) is 7.25. The Morgan fingerprint density at radius 2 is 1.85 bits per heavy atom. The topological polar surface area (TPSA) is 78.9 Å². The number of nitrogens with zero attached hydrogens (tertiary/aromatic N) is 1. The third-order valence-corrected chi connectivity index (χ3v) is 7.25. The van der Waals surface area contributed by atoms with Crippen LogP contribution in [0.3, 0.4) is 0 Å². The van der Waals surface area contributed by atoms with Gasteiger partial charge in [0, 0.05) is 35.2 Å². The zero-order valence-corrected chi connectivity index (χ0v) is 22.6. The Labute approximate surface area is 228 Å². The van der Waals surface area contributed by atoms with Crippen molar-refractivity contribution < 1.29 is 23.8 Å². The van der Waals surface area contributed by atoms with E-state index >= 15 is 4.39 Å². The highest BCUT2D eigenvalue weighted by Gasteiger charge is 2.44. The van der Waals surface area contributed by atoms with Crippen LogP contribution in [-0.2, 0) is 16.2 Å². The molecule has 6 nitrogen and oxygen atoms in total. The number of aromatic hydroxyl groups is 1. The number of benzene rings is 3. The fourth-order valence-corrected chi connectivity index (χ4v) is 5.42. The van der Waals surface area contributed by atoms with E-state index in [0.29, 0.717) is 34.8 Å². The molecule has 0 aromatic heterocycles. The van der Waals surface area contributed by atoms with Crippen molar-refractivity contribution in [1.29, 1.82) is 0 Å². The highest BCUT2D eigenvalue weighted by Crippen LogP contribution is 2.51. The summed E-state index contributed by atoms with van der Waals surface area (Å²) in [5.41, 5.74) is 2.45. The first-order valence-corrected chi connectivity index (χ1v) is 13.2. The second kappa shape index (κ2) is 10.2. The molecular weight excluding hydrogens is 495 g/mol. The van der Waals surface area contributed by atoms with Gasteiger partial charge in [-0.15, -0.1) is 0 Å². The number of hydrogen-bond acceptors (Lipinski definition) is 5. The molecule has 0 bridgehead atoms. The van der Waals surface area contributed by atoms with Gasteiger partial charge in [-0.25, -0.2) is 4.39 Å². The summed E-state index contributed by atoms with van der Waals surface area (Å²) in [6.45, 7) is 7.80. The third kappa shape index (κ3) is 5.13. The number of carbonyl (C=O) groups is 2. The van der Waals surface area contributed by atoms with E-state index in [1.54, 1.807) is 38.1 Å². The minimum absolute atomic E-state index is 0.0532. The molecule has 0 unspecified atom stereocenters. The van der Waals surface area contributed by atoms with Gasteiger partial charge < -0.3 is 15.2 Å². The van der Waals surface area contributed by atoms with E-state index in [4.69, 9.17) is 4.74 Å². The number of allylic oxidation sites excluding steroid dienone is 1. The number of phenolic OH excluding ortho intramolecular Hbond substituents is 1. The molecule has 1 aliphatic heterocycles. The average Bonchev–Trinajstić information content (AvgIpc) is 3.02. The van der Waals surface area contributed by atoms with Gasteiger partial charge in [0.15, 0.2) is 5.78 Å². The normalized spacial score (nSPS) is 18.3. The van der Waals surface area contributed by atoms with Gasteiger partial charge >= 0.3 is 0 Å². The van der Waals surface area contributed by atoms with Gasteiger partial charge in [0.1, 0.15) is 29.6 Å². The Balaban J connectivity index is 1.66. The summed E-state index contributed by atoms with van der Waals surface area (Å²) in [7, 11) is 0. The Kier molecular flexibility index (Phi) is 6.93. The van der Waals surface area contributed by atoms with Crippen LogP contribution in [0.4, 0.5) is 15.8 Å². The number of para-hydroxylation sites is 1. The molecule has 3 aromatic rings. The fraction of sp³-hybridized carbons (Fsp3) is 0.312.